The van der Waals surface area contributed by atoms with Crippen LogP contribution in [0, 0.1) is 11.8 Å². The molecular weight excluding hydrogens is 176 g/mol. The summed E-state index contributed by atoms with van der Waals surface area (Å²) in [5.41, 5.74) is 0. The Morgan fingerprint density at radius 1 is 1.07 bits per heavy atom. The highest BCUT2D eigenvalue weighted by molar-refractivity contribution is 4.73. The summed E-state index contributed by atoms with van der Waals surface area (Å²) in [7, 11) is 3.59. The van der Waals surface area contributed by atoms with Crippen LogP contribution in [0.15, 0.2) is 0 Å². The third kappa shape index (κ3) is 3.97. The average Bonchev–Trinajstić information content (AvgIpc) is 2.25. The second-order valence-corrected chi connectivity index (χ2v) is 4.39. The third-order valence-electron chi connectivity index (χ3n) is 3.39. The van der Waals surface area contributed by atoms with Crippen LogP contribution >= 0.6 is 0 Å². The fraction of sp³-hybridized carbons (Fsp3) is 1.00. The minimum Gasteiger partial charge on any atom is -0.385 e. The Morgan fingerprint density at radius 3 is 2.36 bits per heavy atom. The second-order valence-electron chi connectivity index (χ2n) is 4.39. The van der Waals surface area contributed by atoms with E-state index >= 15 is 0 Å². The van der Waals surface area contributed by atoms with Gasteiger partial charge in [0.1, 0.15) is 0 Å². The van der Waals surface area contributed by atoms with Crippen molar-refractivity contribution in [3.8, 4) is 0 Å². The molecule has 14 heavy (non-hydrogen) atoms. The van der Waals surface area contributed by atoms with E-state index < -0.39 is 0 Å². The van der Waals surface area contributed by atoms with Crippen LogP contribution in [0.5, 0.6) is 0 Å². The number of ether oxygens (including phenoxy) is 2. The fourth-order valence-electron chi connectivity index (χ4n) is 2.54. The van der Waals surface area contributed by atoms with Gasteiger partial charge in [0.2, 0.25) is 0 Å². The van der Waals surface area contributed by atoms with E-state index in [2.05, 4.69) is 0 Å². The molecule has 1 saturated carbocycles. The lowest BCUT2D eigenvalue weighted by Crippen LogP contribution is -2.23. The van der Waals surface area contributed by atoms with Gasteiger partial charge in [0.15, 0.2) is 0 Å². The molecule has 1 atom stereocenters. The summed E-state index contributed by atoms with van der Waals surface area (Å²) in [5, 5.41) is 0. The van der Waals surface area contributed by atoms with E-state index in [1.807, 2.05) is 7.11 Å². The van der Waals surface area contributed by atoms with Crippen LogP contribution in [0.25, 0.3) is 0 Å². The minimum atomic E-state index is 0.722. The molecule has 0 aliphatic heterocycles. The van der Waals surface area contributed by atoms with Gasteiger partial charge < -0.3 is 9.47 Å². The van der Waals surface area contributed by atoms with Crippen molar-refractivity contribution in [2.75, 3.05) is 27.4 Å². The normalized spacial score (nSPS) is 21.0. The number of rotatable bonds is 6. The Labute approximate surface area is 88.0 Å². The van der Waals surface area contributed by atoms with Gasteiger partial charge in [-0.1, -0.05) is 32.1 Å². The summed E-state index contributed by atoms with van der Waals surface area (Å²) in [6.45, 7) is 1.79. The molecule has 0 aromatic rings. The van der Waals surface area contributed by atoms with Gasteiger partial charge in [-0.15, -0.1) is 0 Å². The van der Waals surface area contributed by atoms with Crippen LogP contribution in [0.4, 0.5) is 0 Å². The maximum absolute atomic E-state index is 5.30. The highest BCUT2D eigenvalue weighted by atomic mass is 16.5. The first-order valence-corrected chi connectivity index (χ1v) is 5.86. The first-order valence-electron chi connectivity index (χ1n) is 5.86. The van der Waals surface area contributed by atoms with Gasteiger partial charge in [0.25, 0.3) is 0 Å². The van der Waals surface area contributed by atoms with E-state index in [1.165, 1.54) is 32.1 Å². The van der Waals surface area contributed by atoms with Gasteiger partial charge in [0.05, 0.1) is 0 Å². The zero-order valence-electron chi connectivity index (χ0n) is 9.63. The first kappa shape index (κ1) is 12.0. The van der Waals surface area contributed by atoms with Crippen LogP contribution in [-0.2, 0) is 9.47 Å². The molecule has 1 fully saturated rings. The largest absolute Gasteiger partial charge is 0.385 e. The number of hydrogen-bond donors (Lipinski definition) is 0. The SMILES string of the molecule is COCCC(COC)C1CCCCC1. The number of hydrogen-bond acceptors (Lipinski definition) is 2. The molecule has 0 bridgehead atoms. The van der Waals surface area contributed by atoms with Gasteiger partial charge in [-0.2, -0.15) is 0 Å². The molecule has 2 heteroatoms. The highest BCUT2D eigenvalue weighted by Gasteiger charge is 2.23. The van der Waals surface area contributed by atoms with Crippen molar-refractivity contribution in [1.29, 1.82) is 0 Å². The molecule has 1 rings (SSSR count). The van der Waals surface area contributed by atoms with Crippen molar-refractivity contribution in [1.82, 2.24) is 0 Å². The van der Waals surface area contributed by atoms with E-state index in [0.717, 1.165) is 31.5 Å². The van der Waals surface area contributed by atoms with Crippen LogP contribution in [-0.4, -0.2) is 27.4 Å². The molecule has 0 spiro atoms. The molecular formula is C12H24O2. The fourth-order valence-corrected chi connectivity index (χ4v) is 2.54. The smallest absolute Gasteiger partial charge is 0.0493 e. The van der Waals surface area contributed by atoms with Crippen molar-refractivity contribution >= 4 is 0 Å². The predicted molar refractivity (Wildman–Crippen MR) is 58.4 cm³/mol. The molecule has 0 radical (unpaired) electrons. The molecule has 0 aromatic carbocycles. The van der Waals surface area contributed by atoms with Gasteiger partial charge in [0, 0.05) is 27.4 Å². The van der Waals surface area contributed by atoms with E-state index in [4.69, 9.17) is 9.47 Å². The van der Waals surface area contributed by atoms with Crippen LogP contribution in [0.1, 0.15) is 38.5 Å². The Balaban J connectivity index is 2.30. The summed E-state index contributed by atoms with van der Waals surface area (Å²) >= 11 is 0. The maximum atomic E-state index is 5.30. The number of methoxy groups -OCH3 is 2. The summed E-state index contributed by atoms with van der Waals surface area (Å²) in [4.78, 5) is 0. The monoisotopic (exact) mass is 200 g/mol. The third-order valence-corrected chi connectivity index (χ3v) is 3.39. The highest BCUT2D eigenvalue weighted by Crippen LogP contribution is 2.31. The van der Waals surface area contributed by atoms with Gasteiger partial charge in [-0.25, -0.2) is 0 Å². The van der Waals surface area contributed by atoms with Crippen molar-refractivity contribution in [3.05, 3.63) is 0 Å². The van der Waals surface area contributed by atoms with Crippen LogP contribution in [0.2, 0.25) is 0 Å². The standard InChI is InChI=1S/C12H24O2/c1-13-9-8-12(10-14-2)11-6-4-3-5-7-11/h11-12H,3-10H2,1-2H3. The molecule has 0 amide bonds. The second kappa shape index (κ2) is 7.24. The zero-order valence-corrected chi connectivity index (χ0v) is 9.63. The summed E-state index contributed by atoms with van der Waals surface area (Å²) < 4.78 is 10.5. The van der Waals surface area contributed by atoms with E-state index in [1.54, 1.807) is 7.11 Å². The van der Waals surface area contributed by atoms with E-state index in [0.29, 0.717) is 0 Å². The molecule has 84 valence electrons. The van der Waals surface area contributed by atoms with E-state index in [9.17, 15) is 0 Å². The molecule has 0 aromatic heterocycles. The molecule has 0 saturated heterocycles. The van der Waals surface area contributed by atoms with Crippen LogP contribution < -0.4 is 0 Å². The quantitative estimate of drug-likeness (QED) is 0.656. The van der Waals surface area contributed by atoms with Gasteiger partial charge >= 0.3 is 0 Å². The molecule has 1 unspecified atom stereocenters. The lowest BCUT2D eigenvalue weighted by molar-refractivity contribution is 0.0757. The average molecular weight is 200 g/mol. The van der Waals surface area contributed by atoms with Gasteiger partial charge in [-0.3, -0.25) is 0 Å². The van der Waals surface area contributed by atoms with Crippen molar-refractivity contribution in [2.24, 2.45) is 11.8 Å². The van der Waals surface area contributed by atoms with Crippen molar-refractivity contribution < 1.29 is 9.47 Å². The Bertz CT molecular complexity index is 130. The molecule has 0 heterocycles. The lowest BCUT2D eigenvalue weighted by Gasteiger charge is -2.29. The maximum Gasteiger partial charge on any atom is 0.0493 e. The topological polar surface area (TPSA) is 18.5 Å². The summed E-state index contributed by atoms with van der Waals surface area (Å²) in [6, 6.07) is 0. The molecule has 0 N–H and O–H groups in total. The Morgan fingerprint density at radius 2 is 1.79 bits per heavy atom. The lowest BCUT2D eigenvalue weighted by atomic mass is 9.79. The molecule has 1 aliphatic rings. The molecule has 2 nitrogen and oxygen atoms in total. The van der Waals surface area contributed by atoms with E-state index in [-0.39, 0.29) is 0 Å². The van der Waals surface area contributed by atoms with Crippen LogP contribution in [0.3, 0.4) is 0 Å². The predicted octanol–water partition coefficient (Wildman–Crippen LogP) is 2.87. The summed E-state index contributed by atoms with van der Waals surface area (Å²) in [5.74, 6) is 1.61. The Kier molecular flexibility index (Phi) is 6.20. The minimum absolute atomic E-state index is 0.722. The molecule has 1 aliphatic carbocycles. The Hall–Kier alpha value is -0.0800. The zero-order chi connectivity index (χ0) is 10.2. The van der Waals surface area contributed by atoms with Crippen molar-refractivity contribution in [3.63, 3.8) is 0 Å². The van der Waals surface area contributed by atoms with Gasteiger partial charge in [-0.05, 0) is 18.3 Å². The summed E-state index contributed by atoms with van der Waals surface area (Å²) in [6.07, 6.45) is 8.22. The van der Waals surface area contributed by atoms with Crippen molar-refractivity contribution in [2.45, 2.75) is 38.5 Å². The first-order chi connectivity index (χ1) is 6.88.